The van der Waals surface area contributed by atoms with Crippen LogP contribution in [-0.2, 0) is 23.7 Å². The van der Waals surface area contributed by atoms with Gasteiger partial charge in [-0.05, 0) is 25.0 Å². The number of hydrogen-bond donors (Lipinski definition) is 1. The van der Waals surface area contributed by atoms with Crippen LogP contribution in [0.25, 0.3) is 0 Å². The number of nitrogen functional groups attached to an aromatic ring is 1. The van der Waals surface area contributed by atoms with Crippen molar-refractivity contribution in [1.82, 2.24) is 0 Å². The molecule has 0 amide bonds. The Balaban J connectivity index is 1.86. The van der Waals surface area contributed by atoms with E-state index in [1.807, 2.05) is 25.1 Å². The molecule has 1 rings (SSSR count). The van der Waals surface area contributed by atoms with Crippen molar-refractivity contribution in [3.05, 3.63) is 24.3 Å². The zero-order valence-corrected chi connectivity index (χ0v) is 17.9. The van der Waals surface area contributed by atoms with Crippen molar-refractivity contribution in [3.63, 3.8) is 0 Å². The van der Waals surface area contributed by atoms with E-state index in [0.717, 1.165) is 25.7 Å². The summed E-state index contributed by atoms with van der Waals surface area (Å²) in [6.45, 7) is 7.63. The molecule has 0 aliphatic rings. The lowest BCUT2D eigenvalue weighted by Gasteiger charge is -2.13. The van der Waals surface area contributed by atoms with Crippen molar-refractivity contribution in [2.75, 3.05) is 58.6 Å². The van der Waals surface area contributed by atoms with Gasteiger partial charge in [-0.3, -0.25) is 4.79 Å². The molecule has 0 aliphatic carbocycles. The van der Waals surface area contributed by atoms with Gasteiger partial charge in [-0.2, -0.15) is 0 Å². The second-order valence-corrected chi connectivity index (χ2v) is 6.64. The van der Waals surface area contributed by atoms with Crippen LogP contribution in [0.5, 0.6) is 5.75 Å². The first-order valence-corrected chi connectivity index (χ1v) is 10.6. The maximum atomic E-state index is 11.9. The maximum Gasteiger partial charge on any atom is 0.308 e. The van der Waals surface area contributed by atoms with Crippen LogP contribution in [0.15, 0.2) is 24.3 Å². The molecule has 0 radical (unpaired) electrons. The average molecular weight is 412 g/mol. The fourth-order valence-corrected chi connectivity index (χ4v) is 2.62. The molecule has 0 saturated heterocycles. The molecule has 0 saturated carbocycles. The van der Waals surface area contributed by atoms with Crippen LogP contribution >= 0.6 is 0 Å². The summed E-state index contributed by atoms with van der Waals surface area (Å²) in [5, 5.41) is 0. The SMILES string of the molecule is CCCCC(CC)C(=O)OCCOCCOCCOCCOc1ccccc1N. The van der Waals surface area contributed by atoms with Gasteiger partial charge in [-0.25, -0.2) is 0 Å². The van der Waals surface area contributed by atoms with Gasteiger partial charge < -0.3 is 29.4 Å². The second-order valence-electron chi connectivity index (χ2n) is 6.64. The first kappa shape index (κ1) is 25.2. The van der Waals surface area contributed by atoms with Gasteiger partial charge in [-0.1, -0.05) is 38.8 Å². The van der Waals surface area contributed by atoms with E-state index in [4.69, 9.17) is 29.4 Å². The van der Waals surface area contributed by atoms with Crippen molar-refractivity contribution in [2.45, 2.75) is 39.5 Å². The summed E-state index contributed by atoms with van der Waals surface area (Å²) in [6, 6.07) is 7.37. The lowest BCUT2D eigenvalue weighted by molar-refractivity contribution is -0.150. The van der Waals surface area contributed by atoms with Crippen LogP contribution < -0.4 is 10.5 Å². The molecule has 7 heteroatoms. The normalized spacial score (nSPS) is 11.9. The number of ether oxygens (including phenoxy) is 5. The Kier molecular flexibility index (Phi) is 14.8. The molecule has 29 heavy (non-hydrogen) atoms. The van der Waals surface area contributed by atoms with Crippen LogP contribution in [0.4, 0.5) is 5.69 Å². The third-order valence-electron chi connectivity index (χ3n) is 4.35. The highest BCUT2D eigenvalue weighted by atomic mass is 16.6. The summed E-state index contributed by atoms with van der Waals surface area (Å²) in [5.41, 5.74) is 6.41. The van der Waals surface area contributed by atoms with Gasteiger partial charge in [0.05, 0.1) is 51.2 Å². The molecule has 2 N–H and O–H groups in total. The molecule has 0 bridgehead atoms. The van der Waals surface area contributed by atoms with Gasteiger partial charge in [0.25, 0.3) is 0 Å². The average Bonchev–Trinajstić information content (AvgIpc) is 2.73. The highest BCUT2D eigenvalue weighted by molar-refractivity contribution is 5.72. The number of para-hydroxylation sites is 2. The highest BCUT2D eigenvalue weighted by Gasteiger charge is 2.16. The van der Waals surface area contributed by atoms with Crippen molar-refractivity contribution in [2.24, 2.45) is 5.92 Å². The molecule has 1 unspecified atom stereocenters. The van der Waals surface area contributed by atoms with E-state index in [-0.39, 0.29) is 18.5 Å². The summed E-state index contributed by atoms with van der Waals surface area (Å²) >= 11 is 0. The molecular formula is C22H37NO6. The number of anilines is 1. The second kappa shape index (κ2) is 17.1. The summed E-state index contributed by atoms with van der Waals surface area (Å²) < 4.78 is 27.1. The zero-order chi connectivity index (χ0) is 21.2. The third kappa shape index (κ3) is 12.4. The zero-order valence-electron chi connectivity index (χ0n) is 17.9. The van der Waals surface area contributed by atoms with Crippen molar-refractivity contribution in [1.29, 1.82) is 0 Å². The van der Waals surface area contributed by atoms with E-state index in [1.54, 1.807) is 6.07 Å². The summed E-state index contributed by atoms with van der Waals surface area (Å²) in [5.74, 6) is 0.562. The van der Waals surface area contributed by atoms with E-state index in [0.29, 0.717) is 57.7 Å². The van der Waals surface area contributed by atoms with Crippen LogP contribution in [-0.4, -0.2) is 58.8 Å². The number of carbonyl (C=O) groups is 1. The fraction of sp³-hybridized carbons (Fsp3) is 0.682. The summed E-state index contributed by atoms with van der Waals surface area (Å²) in [6.07, 6.45) is 3.87. The van der Waals surface area contributed by atoms with Crippen molar-refractivity contribution in [3.8, 4) is 5.75 Å². The number of unbranched alkanes of at least 4 members (excludes halogenated alkanes) is 1. The molecule has 0 spiro atoms. The quantitative estimate of drug-likeness (QED) is 0.225. The van der Waals surface area contributed by atoms with Crippen LogP contribution in [0.3, 0.4) is 0 Å². The van der Waals surface area contributed by atoms with Gasteiger partial charge in [0, 0.05) is 0 Å². The van der Waals surface area contributed by atoms with E-state index >= 15 is 0 Å². The minimum atomic E-state index is -0.114. The van der Waals surface area contributed by atoms with Gasteiger partial charge in [-0.15, -0.1) is 0 Å². The number of hydrogen-bond acceptors (Lipinski definition) is 7. The Hall–Kier alpha value is -1.83. The Morgan fingerprint density at radius 3 is 2.07 bits per heavy atom. The molecule has 0 heterocycles. The molecule has 0 aliphatic heterocycles. The maximum absolute atomic E-state index is 11.9. The predicted molar refractivity (Wildman–Crippen MR) is 113 cm³/mol. The lowest BCUT2D eigenvalue weighted by Crippen LogP contribution is -2.20. The van der Waals surface area contributed by atoms with Gasteiger partial charge in [0.2, 0.25) is 0 Å². The Bertz CT molecular complexity index is 540. The van der Waals surface area contributed by atoms with E-state index in [2.05, 4.69) is 6.92 Å². The first-order chi connectivity index (χ1) is 14.2. The number of esters is 1. The van der Waals surface area contributed by atoms with Gasteiger partial charge in [0.15, 0.2) is 0 Å². The van der Waals surface area contributed by atoms with E-state index in [9.17, 15) is 4.79 Å². The molecule has 1 aromatic rings. The first-order valence-electron chi connectivity index (χ1n) is 10.6. The molecule has 1 aromatic carbocycles. The lowest BCUT2D eigenvalue weighted by atomic mass is 10.00. The van der Waals surface area contributed by atoms with E-state index in [1.165, 1.54) is 0 Å². The Labute approximate surface area is 174 Å². The molecule has 7 nitrogen and oxygen atoms in total. The van der Waals surface area contributed by atoms with Gasteiger partial charge >= 0.3 is 5.97 Å². The van der Waals surface area contributed by atoms with Gasteiger partial charge in [0.1, 0.15) is 19.0 Å². The minimum Gasteiger partial charge on any atom is -0.489 e. The molecule has 166 valence electrons. The third-order valence-corrected chi connectivity index (χ3v) is 4.35. The van der Waals surface area contributed by atoms with Crippen molar-refractivity contribution >= 4 is 11.7 Å². The van der Waals surface area contributed by atoms with Crippen molar-refractivity contribution < 1.29 is 28.5 Å². The molecule has 1 atom stereocenters. The Morgan fingerprint density at radius 1 is 0.897 bits per heavy atom. The summed E-state index contributed by atoms with van der Waals surface area (Å²) in [4.78, 5) is 11.9. The monoisotopic (exact) mass is 411 g/mol. The van der Waals surface area contributed by atoms with Crippen LogP contribution in [0.2, 0.25) is 0 Å². The highest BCUT2D eigenvalue weighted by Crippen LogP contribution is 2.19. The number of benzene rings is 1. The predicted octanol–water partition coefficient (Wildman–Crippen LogP) is 3.46. The number of rotatable bonds is 18. The number of nitrogens with two attached hydrogens (primary N) is 1. The topological polar surface area (TPSA) is 89.2 Å². The Morgan fingerprint density at radius 2 is 1.48 bits per heavy atom. The molecular weight excluding hydrogens is 374 g/mol. The van der Waals surface area contributed by atoms with Crippen LogP contribution in [0.1, 0.15) is 39.5 Å². The molecule has 0 aromatic heterocycles. The minimum absolute atomic E-state index is 0.00809. The molecule has 0 fully saturated rings. The summed E-state index contributed by atoms with van der Waals surface area (Å²) in [7, 11) is 0. The van der Waals surface area contributed by atoms with E-state index < -0.39 is 0 Å². The number of carbonyl (C=O) groups excluding carboxylic acids is 1. The van der Waals surface area contributed by atoms with Crippen LogP contribution in [0, 0.1) is 5.92 Å². The standard InChI is InChI=1S/C22H37NO6/c1-3-5-8-19(4-2)22(24)29-18-16-27-14-12-25-11-13-26-15-17-28-21-10-7-6-9-20(21)23/h6-7,9-10,19H,3-5,8,11-18,23H2,1-2H3. The largest absolute Gasteiger partial charge is 0.489 e. The fourth-order valence-electron chi connectivity index (χ4n) is 2.62. The smallest absolute Gasteiger partial charge is 0.308 e.